The van der Waals surface area contributed by atoms with Gasteiger partial charge >= 0.3 is 0 Å². The molecule has 0 aliphatic carbocycles. The zero-order valence-electron chi connectivity index (χ0n) is 10.9. The number of rotatable bonds is 5. The van der Waals surface area contributed by atoms with Crippen molar-refractivity contribution >= 4 is 17.3 Å². The van der Waals surface area contributed by atoms with Crippen LogP contribution in [0.15, 0.2) is 36.4 Å². The Labute approximate surface area is 121 Å². The smallest absolute Gasteiger partial charge is 0.276 e. The average molecular weight is 293 g/mol. The summed E-state index contributed by atoms with van der Waals surface area (Å²) < 4.78 is 5.61. The van der Waals surface area contributed by atoms with Gasteiger partial charge in [0.05, 0.1) is 22.1 Å². The fourth-order valence-corrected chi connectivity index (χ4v) is 1.98. The lowest BCUT2D eigenvalue weighted by atomic mass is 10.2. The number of nitro benzene ring substituents is 1. The molecule has 0 bridgehead atoms. The lowest BCUT2D eigenvalue weighted by Crippen LogP contribution is -2.03. The Balaban J connectivity index is 2.19. The van der Waals surface area contributed by atoms with Gasteiger partial charge in [-0.25, -0.2) is 0 Å². The van der Waals surface area contributed by atoms with Crippen LogP contribution in [0.3, 0.4) is 0 Å². The van der Waals surface area contributed by atoms with Crippen LogP contribution in [-0.4, -0.2) is 9.91 Å². The molecule has 0 saturated carbocycles. The maximum atomic E-state index is 10.9. The molecule has 1 aromatic heterocycles. The first-order valence-corrected chi connectivity index (χ1v) is 6.53. The Hall–Kier alpha value is -2.14. The third-order valence-electron chi connectivity index (χ3n) is 2.77. The van der Waals surface area contributed by atoms with Crippen LogP contribution < -0.4 is 4.74 Å². The quantitative estimate of drug-likeness (QED) is 0.479. The Morgan fingerprint density at radius 1 is 1.30 bits per heavy atom. The molecule has 6 heteroatoms. The van der Waals surface area contributed by atoms with Gasteiger partial charge in [0.25, 0.3) is 5.69 Å². The molecule has 2 rings (SSSR count). The fourth-order valence-electron chi connectivity index (χ4n) is 1.79. The maximum Gasteiger partial charge on any atom is 0.276 e. The number of alkyl halides is 1. The monoisotopic (exact) mass is 292 g/mol. The largest absolute Gasteiger partial charge is 0.487 e. The molecule has 0 fully saturated rings. The first-order chi connectivity index (χ1) is 9.61. The highest BCUT2D eigenvalue weighted by molar-refractivity contribution is 6.17. The van der Waals surface area contributed by atoms with E-state index in [1.54, 1.807) is 24.3 Å². The van der Waals surface area contributed by atoms with E-state index >= 15 is 0 Å². The highest BCUT2D eigenvalue weighted by atomic mass is 35.5. The number of hydrogen-bond donors (Lipinski definition) is 0. The van der Waals surface area contributed by atoms with Crippen LogP contribution in [0.25, 0.3) is 0 Å². The molecule has 0 aliphatic rings. The van der Waals surface area contributed by atoms with Gasteiger partial charge in [0.1, 0.15) is 12.4 Å². The van der Waals surface area contributed by atoms with Crippen LogP contribution in [0, 0.1) is 17.0 Å². The normalized spacial score (nSPS) is 10.3. The van der Waals surface area contributed by atoms with Gasteiger partial charge in [0, 0.05) is 11.8 Å². The molecule has 0 N–H and O–H groups in total. The lowest BCUT2D eigenvalue weighted by Gasteiger charge is -2.10. The highest BCUT2D eigenvalue weighted by Gasteiger charge is 2.13. The average Bonchev–Trinajstić information content (AvgIpc) is 2.46. The van der Waals surface area contributed by atoms with Gasteiger partial charge in [0.15, 0.2) is 0 Å². The van der Waals surface area contributed by atoms with Crippen molar-refractivity contribution in [1.29, 1.82) is 0 Å². The molecule has 0 spiro atoms. The highest BCUT2D eigenvalue weighted by Crippen LogP contribution is 2.23. The summed E-state index contributed by atoms with van der Waals surface area (Å²) in [6.07, 6.45) is 0. The summed E-state index contributed by atoms with van der Waals surface area (Å²) in [6.45, 7) is 1.97. The van der Waals surface area contributed by atoms with E-state index in [0.29, 0.717) is 17.0 Å². The van der Waals surface area contributed by atoms with Gasteiger partial charge in [-0.3, -0.25) is 15.1 Å². The maximum absolute atomic E-state index is 10.9. The molecule has 104 valence electrons. The number of benzene rings is 1. The SMILES string of the molecule is Cc1ccc(OCc2ccccc2[N+](=O)[O-])c(CCl)n1. The van der Waals surface area contributed by atoms with Crippen molar-refractivity contribution in [3.05, 3.63) is 63.5 Å². The van der Waals surface area contributed by atoms with Gasteiger partial charge in [-0.15, -0.1) is 11.6 Å². The van der Waals surface area contributed by atoms with E-state index in [2.05, 4.69) is 4.98 Å². The van der Waals surface area contributed by atoms with Crippen molar-refractivity contribution in [2.24, 2.45) is 0 Å². The first-order valence-electron chi connectivity index (χ1n) is 5.99. The Bertz CT molecular complexity index is 632. The van der Waals surface area contributed by atoms with E-state index < -0.39 is 4.92 Å². The number of para-hydroxylation sites is 1. The van der Waals surface area contributed by atoms with Gasteiger partial charge in [-0.2, -0.15) is 0 Å². The van der Waals surface area contributed by atoms with Crippen LogP contribution in [0.1, 0.15) is 17.0 Å². The Morgan fingerprint density at radius 3 is 2.75 bits per heavy atom. The molecular formula is C14H13ClN2O3. The van der Waals surface area contributed by atoms with E-state index in [0.717, 1.165) is 5.69 Å². The molecule has 1 heterocycles. The second-order valence-corrected chi connectivity index (χ2v) is 4.47. The summed E-state index contributed by atoms with van der Waals surface area (Å²) >= 11 is 5.82. The minimum Gasteiger partial charge on any atom is -0.487 e. The molecule has 2 aromatic rings. The zero-order valence-corrected chi connectivity index (χ0v) is 11.6. The van der Waals surface area contributed by atoms with Crippen molar-refractivity contribution < 1.29 is 9.66 Å². The number of hydrogen-bond acceptors (Lipinski definition) is 4. The second kappa shape index (κ2) is 6.34. The van der Waals surface area contributed by atoms with Gasteiger partial charge < -0.3 is 4.74 Å². The van der Waals surface area contributed by atoms with Crippen molar-refractivity contribution in [2.75, 3.05) is 0 Å². The second-order valence-electron chi connectivity index (χ2n) is 4.21. The third kappa shape index (κ3) is 3.24. The van der Waals surface area contributed by atoms with Crippen LogP contribution in [0.2, 0.25) is 0 Å². The summed E-state index contributed by atoms with van der Waals surface area (Å²) in [5.74, 6) is 0.775. The zero-order chi connectivity index (χ0) is 14.5. The van der Waals surface area contributed by atoms with E-state index in [-0.39, 0.29) is 18.2 Å². The molecule has 0 aliphatic heterocycles. The molecule has 0 amide bonds. The number of aryl methyl sites for hydroxylation is 1. The summed E-state index contributed by atoms with van der Waals surface area (Å²) in [6, 6.07) is 10.1. The number of pyridine rings is 1. The van der Waals surface area contributed by atoms with Gasteiger partial charge in [-0.1, -0.05) is 12.1 Å². The lowest BCUT2D eigenvalue weighted by molar-refractivity contribution is -0.385. The molecule has 5 nitrogen and oxygen atoms in total. The van der Waals surface area contributed by atoms with E-state index in [1.165, 1.54) is 6.07 Å². The standard InChI is InChI=1S/C14H13ClN2O3/c1-10-6-7-14(12(8-15)16-10)20-9-11-4-2-3-5-13(11)17(18)19/h2-7H,8-9H2,1H3. The van der Waals surface area contributed by atoms with E-state index in [1.807, 2.05) is 13.0 Å². The van der Waals surface area contributed by atoms with Crippen molar-refractivity contribution in [3.8, 4) is 5.75 Å². The fraction of sp³-hybridized carbons (Fsp3) is 0.214. The summed E-state index contributed by atoms with van der Waals surface area (Å²) in [4.78, 5) is 14.8. The minimum atomic E-state index is -0.422. The third-order valence-corrected chi connectivity index (χ3v) is 3.02. The molecular weight excluding hydrogens is 280 g/mol. The Morgan fingerprint density at radius 2 is 2.05 bits per heavy atom. The number of nitro groups is 1. The molecule has 0 unspecified atom stereocenters. The van der Waals surface area contributed by atoms with Crippen molar-refractivity contribution in [1.82, 2.24) is 4.98 Å². The van der Waals surface area contributed by atoms with E-state index in [4.69, 9.17) is 16.3 Å². The molecule has 1 aromatic carbocycles. The molecule has 20 heavy (non-hydrogen) atoms. The van der Waals surface area contributed by atoms with Crippen molar-refractivity contribution in [2.45, 2.75) is 19.4 Å². The van der Waals surface area contributed by atoms with Crippen LogP contribution in [0.4, 0.5) is 5.69 Å². The number of ether oxygens (including phenoxy) is 1. The first kappa shape index (κ1) is 14.3. The summed E-state index contributed by atoms with van der Waals surface area (Å²) in [7, 11) is 0. The molecule has 0 radical (unpaired) electrons. The number of nitrogens with zero attached hydrogens (tertiary/aromatic N) is 2. The van der Waals surface area contributed by atoms with Crippen LogP contribution >= 0.6 is 11.6 Å². The number of halogens is 1. The molecule has 0 saturated heterocycles. The predicted molar refractivity (Wildman–Crippen MR) is 76.0 cm³/mol. The predicted octanol–water partition coefficient (Wildman–Crippen LogP) is 3.62. The summed E-state index contributed by atoms with van der Waals surface area (Å²) in [5.41, 5.74) is 2.03. The molecule has 0 atom stereocenters. The summed E-state index contributed by atoms with van der Waals surface area (Å²) in [5, 5.41) is 10.9. The number of aromatic nitrogens is 1. The topological polar surface area (TPSA) is 65.3 Å². The van der Waals surface area contributed by atoms with Gasteiger partial charge in [0.2, 0.25) is 0 Å². The Kier molecular flexibility index (Phi) is 4.53. The van der Waals surface area contributed by atoms with E-state index in [9.17, 15) is 10.1 Å². The van der Waals surface area contributed by atoms with Crippen LogP contribution in [-0.2, 0) is 12.5 Å². The van der Waals surface area contributed by atoms with Crippen molar-refractivity contribution in [3.63, 3.8) is 0 Å². The van der Waals surface area contributed by atoms with Crippen LogP contribution in [0.5, 0.6) is 5.75 Å². The van der Waals surface area contributed by atoms with Gasteiger partial charge in [-0.05, 0) is 25.1 Å². The minimum absolute atomic E-state index is 0.0417.